The van der Waals surface area contributed by atoms with E-state index in [4.69, 9.17) is 11.6 Å². The second-order valence-corrected chi connectivity index (χ2v) is 3.41. The molecule has 14 heavy (non-hydrogen) atoms. The Balaban J connectivity index is 2.28. The molecule has 0 atom stereocenters. The molecule has 1 aromatic heterocycles. The van der Waals surface area contributed by atoms with Crippen molar-refractivity contribution in [3.63, 3.8) is 0 Å². The Bertz CT molecular complexity index is 472. The summed E-state index contributed by atoms with van der Waals surface area (Å²) in [5, 5.41) is 3.02. The zero-order chi connectivity index (χ0) is 9.97. The highest BCUT2D eigenvalue weighted by Gasteiger charge is 2.02. The van der Waals surface area contributed by atoms with Crippen LogP contribution < -0.4 is 5.56 Å². The average Bonchev–Trinajstić information content (AvgIpc) is 2.52. The minimum Gasteiger partial charge on any atom is -0.301 e. The van der Waals surface area contributed by atoms with Crippen molar-refractivity contribution in [1.29, 1.82) is 0 Å². The molecule has 0 saturated carbocycles. The van der Waals surface area contributed by atoms with Crippen LogP contribution in [0.25, 0.3) is 0 Å². The van der Waals surface area contributed by atoms with Gasteiger partial charge in [0.2, 0.25) is 0 Å². The van der Waals surface area contributed by atoms with E-state index in [2.05, 4.69) is 5.10 Å². The fourth-order valence-corrected chi connectivity index (χ4v) is 1.42. The van der Waals surface area contributed by atoms with Crippen LogP contribution >= 0.6 is 11.6 Å². The molecule has 4 heteroatoms. The fourth-order valence-electron chi connectivity index (χ4n) is 1.27. The Kier molecular flexibility index (Phi) is 2.41. The maximum Gasteiger partial charge on any atom is 0.285 e. The Hall–Kier alpha value is -1.48. The number of aromatic nitrogens is 2. The first-order chi connectivity index (χ1) is 6.77. The van der Waals surface area contributed by atoms with Gasteiger partial charge in [0.05, 0.1) is 6.54 Å². The summed E-state index contributed by atoms with van der Waals surface area (Å²) in [4.78, 5) is 11.4. The Morgan fingerprint density at radius 3 is 2.57 bits per heavy atom. The summed E-state index contributed by atoms with van der Waals surface area (Å²) in [7, 11) is 0. The lowest BCUT2D eigenvalue weighted by Crippen LogP contribution is -2.17. The second-order valence-electron chi connectivity index (χ2n) is 3.00. The molecule has 0 radical (unpaired) electrons. The molecule has 0 amide bonds. The van der Waals surface area contributed by atoms with Crippen LogP contribution in [0.5, 0.6) is 0 Å². The molecule has 0 aliphatic carbocycles. The van der Waals surface area contributed by atoms with Crippen LogP contribution in [-0.4, -0.2) is 9.78 Å². The molecule has 0 bridgehead atoms. The van der Waals surface area contributed by atoms with Gasteiger partial charge < -0.3 is 5.10 Å². The van der Waals surface area contributed by atoms with E-state index in [9.17, 15) is 4.79 Å². The van der Waals surface area contributed by atoms with Gasteiger partial charge in [-0.15, -0.1) is 0 Å². The van der Waals surface area contributed by atoms with Crippen molar-refractivity contribution in [3.05, 3.63) is 57.5 Å². The zero-order valence-corrected chi connectivity index (χ0v) is 8.16. The molecule has 0 unspecified atom stereocenters. The molecule has 0 saturated heterocycles. The lowest BCUT2D eigenvalue weighted by atomic mass is 10.2. The van der Waals surface area contributed by atoms with E-state index in [1.54, 1.807) is 0 Å². The fraction of sp³-hybridized carbons (Fsp3) is 0.100. The summed E-state index contributed by atoms with van der Waals surface area (Å²) in [6.45, 7) is 0.520. The van der Waals surface area contributed by atoms with Gasteiger partial charge in [0.1, 0.15) is 5.02 Å². The van der Waals surface area contributed by atoms with E-state index in [0.717, 1.165) is 5.56 Å². The van der Waals surface area contributed by atoms with Crippen LogP contribution in [0.2, 0.25) is 5.02 Å². The largest absolute Gasteiger partial charge is 0.301 e. The molecule has 1 heterocycles. The average molecular weight is 209 g/mol. The Morgan fingerprint density at radius 1 is 1.29 bits per heavy atom. The van der Waals surface area contributed by atoms with Crippen LogP contribution in [-0.2, 0) is 6.54 Å². The minimum absolute atomic E-state index is 0.185. The van der Waals surface area contributed by atoms with Crippen molar-refractivity contribution in [2.45, 2.75) is 6.54 Å². The molecular weight excluding hydrogens is 200 g/mol. The minimum atomic E-state index is -0.185. The third kappa shape index (κ3) is 1.72. The topological polar surface area (TPSA) is 37.8 Å². The van der Waals surface area contributed by atoms with Crippen molar-refractivity contribution in [1.82, 2.24) is 9.78 Å². The normalized spacial score (nSPS) is 10.4. The van der Waals surface area contributed by atoms with Crippen LogP contribution in [0.3, 0.4) is 0 Å². The van der Waals surface area contributed by atoms with Crippen LogP contribution in [0.4, 0.5) is 0 Å². The van der Waals surface area contributed by atoms with E-state index >= 15 is 0 Å². The maximum atomic E-state index is 11.4. The van der Waals surface area contributed by atoms with E-state index in [1.807, 2.05) is 30.3 Å². The highest BCUT2D eigenvalue weighted by Crippen LogP contribution is 2.02. The van der Waals surface area contributed by atoms with Gasteiger partial charge >= 0.3 is 0 Å². The second kappa shape index (κ2) is 3.72. The van der Waals surface area contributed by atoms with Gasteiger partial charge in [0.15, 0.2) is 0 Å². The van der Waals surface area contributed by atoms with Crippen molar-refractivity contribution >= 4 is 11.6 Å². The number of hydrogen-bond acceptors (Lipinski definition) is 1. The summed E-state index contributed by atoms with van der Waals surface area (Å²) < 4.78 is 1.47. The summed E-state index contributed by atoms with van der Waals surface area (Å²) in [6.07, 6.45) is 1.49. The van der Waals surface area contributed by atoms with Gasteiger partial charge in [0, 0.05) is 6.20 Å². The van der Waals surface area contributed by atoms with Gasteiger partial charge in [-0.1, -0.05) is 41.9 Å². The van der Waals surface area contributed by atoms with E-state index < -0.39 is 0 Å². The molecule has 3 nitrogen and oxygen atoms in total. The Labute approximate surface area is 85.9 Å². The van der Waals surface area contributed by atoms with Crippen LogP contribution in [0.1, 0.15) is 5.56 Å². The number of hydrogen-bond donors (Lipinski definition) is 1. The number of H-pyrrole nitrogens is 1. The molecule has 0 fully saturated rings. The summed E-state index contributed by atoms with van der Waals surface area (Å²) in [5.74, 6) is 0. The number of benzene rings is 1. The predicted molar refractivity (Wildman–Crippen MR) is 55.6 cm³/mol. The highest BCUT2D eigenvalue weighted by atomic mass is 35.5. The summed E-state index contributed by atoms with van der Waals surface area (Å²) in [5.41, 5.74) is 0.878. The first-order valence-corrected chi connectivity index (χ1v) is 4.63. The van der Waals surface area contributed by atoms with Gasteiger partial charge in [-0.3, -0.25) is 4.79 Å². The zero-order valence-electron chi connectivity index (χ0n) is 7.40. The van der Waals surface area contributed by atoms with Gasteiger partial charge in [-0.2, -0.15) is 0 Å². The molecule has 0 aliphatic rings. The molecule has 0 aliphatic heterocycles. The van der Waals surface area contributed by atoms with Gasteiger partial charge in [-0.25, -0.2) is 4.68 Å². The molecule has 1 aromatic carbocycles. The third-order valence-corrected chi connectivity index (χ3v) is 2.25. The number of aromatic amines is 1. The monoisotopic (exact) mass is 208 g/mol. The van der Waals surface area contributed by atoms with E-state index in [0.29, 0.717) is 6.54 Å². The highest BCUT2D eigenvalue weighted by molar-refractivity contribution is 6.30. The van der Waals surface area contributed by atoms with Crippen molar-refractivity contribution in [2.75, 3.05) is 0 Å². The lowest BCUT2D eigenvalue weighted by Gasteiger charge is -2.00. The predicted octanol–water partition coefficient (Wildman–Crippen LogP) is 1.88. The van der Waals surface area contributed by atoms with Crippen molar-refractivity contribution in [2.24, 2.45) is 0 Å². The smallest absolute Gasteiger partial charge is 0.285 e. The lowest BCUT2D eigenvalue weighted by molar-refractivity contribution is 0.664. The molecule has 2 aromatic rings. The van der Waals surface area contributed by atoms with Crippen molar-refractivity contribution < 1.29 is 0 Å². The number of nitrogens with zero attached hydrogens (tertiary/aromatic N) is 1. The molecule has 72 valence electrons. The first-order valence-electron chi connectivity index (χ1n) is 4.25. The SMILES string of the molecule is O=c1c(Cl)c[nH]n1Cc1ccccc1. The van der Waals surface area contributed by atoms with Crippen LogP contribution in [0, 0.1) is 0 Å². The van der Waals surface area contributed by atoms with Gasteiger partial charge in [-0.05, 0) is 5.56 Å². The number of rotatable bonds is 2. The summed E-state index contributed by atoms with van der Waals surface area (Å²) in [6, 6.07) is 9.73. The number of nitrogens with one attached hydrogen (secondary N) is 1. The number of halogens is 1. The molecule has 1 N–H and O–H groups in total. The quantitative estimate of drug-likeness (QED) is 0.804. The first kappa shape index (κ1) is 9.09. The molecule has 2 rings (SSSR count). The van der Waals surface area contributed by atoms with Gasteiger partial charge in [0.25, 0.3) is 5.56 Å². The third-order valence-electron chi connectivity index (χ3n) is 1.98. The molecular formula is C10H9ClN2O. The molecule has 0 spiro atoms. The standard InChI is InChI=1S/C10H9ClN2O/c11-9-6-12-13(10(9)14)7-8-4-2-1-3-5-8/h1-6,12H,7H2. The Morgan fingerprint density at radius 2 is 2.00 bits per heavy atom. The van der Waals surface area contributed by atoms with Crippen molar-refractivity contribution in [3.8, 4) is 0 Å². The van der Waals surface area contributed by atoms with Crippen LogP contribution in [0.15, 0.2) is 41.3 Å². The maximum absolute atomic E-state index is 11.4. The van der Waals surface area contributed by atoms with E-state index in [-0.39, 0.29) is 10.6 Å². The summed E-state index contributed by atoms with van der Waals surface area (Å²) >= 11 is 5.63. The van der Waals surface area contributed by atoms with E-state index in [1.165, 1.54) is 10.9 Å².